The van der Waals surface area contributed by atoms with Gasteiger partial charge in [-0.3, -0.25) is 9.59 Å². The molecule has 0 aliphatic heterocycles. The zero-order valence-electron chi connectivity index (χ0n) is 16.2. The fourth-order valence-electron chi connectivity index (χ4n) is 3.14. The van der Waals surface area contributed by atoms with E-state index in [9.17, 15) is 9.59 Å². The van der Waals surface area contributed by atoms with Crippen molar-refractivity contribution in [2.24, 2.45) is 0 Å². The van der Waals surface area contributed by atoms with E-state index >= 15 is 0 Å². The Labute approximate surface area is 166 Å². The molecule has 0 unspecified atom stereocenters. The van der Waals surface area contributed by atoms with Gasteiger partial charge in [0.05, 0.1) is 0 Å². The summed E-state index contributed by atoms with van der Waals surface area (Å²) in [6, 6.07) is 26.9. The maximum Gasteiger partial charge on any atom is 0.164 e. The number of rotatable bonds is 9. The lowest BCUT2D eigenvalue weighted by Gasteiger charge is -2.24. The highest BCUT2D eigenvalue weighted by atomic mass is 16.1. The summed E-state index contributed by atoms with van der Waals surface area (Å²) in [5.74, 6) is 0.235. The quantitative estimate of drug-likeness (QED) is 0.476. The Hall–Kier alpha value is -3.20. The van der Waals surface area contributed by atoms with Crippen molar-refractivity contribution in [3.8, 4) is 0 Å². The molecule has 3 nitrogen and oxygen atoms in total. The first-order valence-corrected chi connectivity index (χ1v) is 9.61. The summed E-state index contributed by atoms with van der Waals surface area (Å²) in [5, 5.41) is 0. The van der Waals surface area contributed by atoms with Gasteiger partial charge in [0.2, 0.25) is 0 Å². The highest BCUT2D eigenvalue weighted by Crippen LogP contribution is 2.17. The molecule has 0 bridgehead atoms. The van der Waals surface area contributed by atoms with Crippen molar-refractivity contribution in [3.63, 3.8) is 0 Å². The summed E-state index contributed by atoms with van der Waals surface area (Å²) < 4.78 is 0. The third-order valence-corrected chi connectivity index (χ3v) is 4.81. The summed E-state index contributed by atoms with van der Waals surface area (Å²) in [4.78, 5) is 27.1. The van der Waals surface area contributed by atoms with Crippen molar-refractivity contribution in [1.82, 2.24) is 0 Å². The van der Waals surface area contributed by atoms with E-state index in [0.717, 1.165) is 16.8 Å². The fraction of sp³-hybridized carbons (Fsp3) is 0.200. The highest BCUT2D eigenvalue weighted by molar-refractivity contribution is 5.97. The number of Topliss-reactive ketones (excluding diaryl/α,β-unsaturated/α-hetero) is 2. The normalized spacial score (nSPS) is 10.5. The molecule has 142 valence electrons. The van der Waals surface area contributed by atoms with Gasteiger partial charge in [-0.2, -0.15) is 0 Å². The molecule has 0 atom stereocenters. The van der Waals surface area contributed by atoms with Gasteiger partial charge in [0.25, 0.3) is 0 Å². The SMILES string of the molecule is Cc1ccc(N(CCC(=O)c2ccccc2)CCC(=O)c2ccccc2)cc1. The number of anilines is 1. The third kappa shape index (κ3) is 5.40. The van der Waals surface area contributed by atoms with Crippen molar-refractivity contribution < 1.29 is 9.59 Å². The molecule has 0 aliphatic rings. The first-order valence-electron chi connectivity index (χ1n) is 9.61. The Bertz CT molecular complexity index is 847. The van der Waals surface area contributed by atoms with Crippen LogP contribution in [0.3, 0.4) is 0 Å². The van der Waals surface area contributed by atoms with Crippen LogP contribution in [0.5, 0.6) is 0 Å². The van der Waals surface area contributed by atoms with E-state index in [1.165, 1.54) is 5.56 Å². The second kappa shape index (κ2) is 9.65. The Morgan fingerprint density at radius 1 is 0.643 bits per heavy atom. The smallest absolute Gasteiger partial charge is 0.164 e. The molecule has 0 fully saturated rings. The van der Waals surface area contributed by atoms with Crippen molar-refractivity contribution in [1.29, 1.82) is 0 Å². The van der Waals surface area contributed by atoms with E-state index in [2.05, 4.69) is 29.2 Å². The van der Waals surface area contributed by atoms with Gasteiger partial charge in [0.15, 0.2) is 11.6 Å². The molecule has 3 aromatic rings. The van der Waals surface area contributed by atoms with Gasteiger partial charge in [-0.15, -0.1) is 0 Å². The van der Waals surface area contributed by atoms with Crippen molar-refractivity contribution >= 4 is 17.3 Å². The minimum atomic E-state index is 0.118. The zero-order valence-corrected chi connectivity index (χ0v) is 16.2. The average molecular weight is 371 g/mol. The molecule has 0 saturated heterocycles. The lowest BCUT2D eigenvalue weighted by molar-refractivity contribution is 0.0983. The molecule has 3 aromatic carbocycles. The summed E-state index contributed by atoms with van der Waals surface area (Å²) in [5.41, 5.74) is 3.68. The molecule has 0 amide bonds. The molecular weight excluding hydrogens is 346 g/mol. The van der Waals surface area contributed by atoms with Gasteiger partial charge in [0, 0.05) is 42.7 Å². The summed E-state index contributed by atoms with van der Waals surface area (Å²) in [7, 11) is 0. The number of benzene rings is 3. The molecule has 0 N–H and O–H groups in total. The van der Waals surface area contributed by atoms with E-state index in [0.29, 0.717) is 25.9 Å². The first kappa shape index (κ1) is 19.6. The average Bonchev–Trinajstić information content (AvgIpc) is 2.75. The minimum Gasteiger partial charge on any atom is -0.371 e. The van der Waals surface area contributed by atoms with Gasteiger partial charge in [-0.25, -0.2) is 0 Å². The van der Waals surface area contributed by atoms with Gasteiger partial charge < -0.3 is 4.90 Å². The second-order valence-electron chi connectivity index (χ2n) is 6.90. The number of aryl methyl sites for hydroxylation is 1. The molecule has 0 radical (unpaired) electrons. The topological polar surface area (TPSA) is 37.4 Å². The molecule has 28 heavy (non-hydrogen) atoms. The Morgan fingerprint density at radius 2 is 1.07 bits per heavy atom. The Kier molecular flexibility index (Phi) is 6.74. The maximum atomic E-state index is 12.5. The Balaban J connectivity index is 1.67. The van der Waals surface area contributed by atoms with Crippen LogP contribution in [0.4, 0.5) is 5.69 Å². The summed E-state index contributed by atoms with van der Waals surface area (Å²) >= 11 is 0. The van der Waals surface area contributed by atoms with Gasteiger partial charge in [-0.1, -0.05) is 78.4 Å². The van der Waals surface area contributed by atoms with Crippen LogP contribution in [0.1, 0.15) is 39.1 Å². The third-order valence-electron chi connectivity index (χ3n) is 4.81. The number of nitrogens with zero attached hydrogens (tertiary/aromatic N) is 1. The Morgan fingerprint density at radius 3 is 1.50 bits per heavy atom. The van der Waals surface area contributed by atoms with Crippen LogP contribution in [-0.2, 0) is 0 Å². The minimum absolute atomic E-state index is 0.118. The number of hydrogen-bond donors (Lipinski definition) is 0. The van der Waals surface area contributed by atoms with Crippen LogP contribution in [0, 0.1) is 6.92 Å². The monoisotopic (exact) mass is 371 g/mol. The van der Waals surface area contributed by atoms with Gasteiger partial charge in [0.1, 0.15) is 0 Å². The number of carbonyl (C=O) groups excluding carboxylic acids is 2. The highest BCUT2D eigenvalue weighted by Gasteiger charge is 2.13. The largest absolute Gasteiger partial charge is 0.371 e. The number of ketones is 2. The van der Waals surface area contributed by atoms with E-state index in [1.54, 1.807) is 0 Å². The maximum absolute atomic E-state index is 12.5. The van der Waals surface area contributed by atoms with Crippen molar-refractivity contribution in [2.75, 3.05) is 18.0 Å². The van der Waals surface area contributed by atoms with Crippen molar-refractivity contribution in [2.45, 2.75) is 19.8 Å². The standard InChI is InChI=1S/C25H25NO2/c1-20-12-14-23(15-13-20)26(18-16-24(27)21-8-4-2-5-9-21)19-17-25(28)22-10-6-3-7-11-22/h2-15H,16-19H2,1H3. The zero-order chi connectivity index (χ0) is 19.8. The van der Waals surface area contributed by atoms with E-state index in [-0.39, 0.29) is 11.6 Å². The molecule has 0 saturated carbocycles. The van der Waals surface area contributed by atoms with Crippen LogP contribution in [0.25, 0.3) is 0 Å². The number of hydrogen-bond acceptors (Lipinski definition) is 3. The molecule has 3 rings (SSSR count). The van der Waals surface area contributed by atoms with E-state index < -0.39 is 0 Å². The van der Waals surface area contributed by atoms with Crippen LogP contribution in [0.2, 0.25) is 0 Å². The molecule has 0 aliphatic carbocycles. The molecule has 3 heteroatoms. The predicted molar refractivity (Wildman–Crippen MR) is 114 cm³/mol. The van der Waals surface area contributed by atoms with Gasteiger partial charge in [-0.05, 0) is 19.1 Å². The van der Waals surface area contributed by atoms with Crippen molar-refractivity contribution in [3.05, 3.63) is 102 Å². The fourth-order valence-corrected chi connectivity index (χ4v) is 3.14. The number of carbonyl (C=O) groups is 2. The lowest BCUT2D eigenvalue weighted by atomic mass is 10.1. The van der Waals surface area contributed by atoms with Crippen LogP contribution >= 0.6 is 0 Å². The molecule has 0 aromatic heterocycles. The van der Waals surface area contributed by atoms with Crippen LogP contribution in [0.15, 0.2) is 84.9 Å². The van der Waals surface area contributed by atoms with E-state index in [1.807, 2.05) is 67.6 Å². The molecular formula is C25H25NO2. The predicted octanol–water partition coefficient (Wildman–Crippen LogP) is 5.35. The van der Waals surface area contributed by atoms with Gasteiger partial charge >= 0.3 is 0 Å². The first-order chi connectivity index (χ1) is 13.6. The molecule has 0 spiro atoms. The van der Waals surface area contributed by atoms with E-state index in [4.69, 9.17) is 0 Å². The second-order valence-corrected chi connectivity index (χ2v) is 6.90. The molecule has 0 heterocycles. The lowest BCUT2D eigenvalue weighted by Crippen LogP contribution is -2.28. The summed E-state index contributed by atoms with van der Waals surface area (Å²) in [6.45, 7) is 3.21. The van der Waals surface area contributed by atoms with Crippen LogP contribution < -0.4 is 4.90 Å². The van der Waals surface area contributed by atoms with Crippen LogP contribution in [-0.4, -0.2) is 24.7 Å². The summed E-state index contributed by atoms with van der Waals surface area (Å²) in [6.07, 6.45) is 0.828.